The Morgan fingerprint density at radius 2 is 1.33 bits per heavy atom. The molecule has 0 atom stereocenters. The molecule has 0 fully saturated rings. The molecule has 0 aromatic heterocycles. The lowest BCUT2D eigenvalue weighted by molar-refractivity contribution is -0.952. The summed E-state index contributed by atoms with van der Waals surface area (Å²) in [6.07, 6.45) is 3.81. The van der Waals surface area contributed by atoms with Crippen LogP contribution in [-0.2, 0) is 9.47 Å². The normalized spacial score (nSPS) is 11.3. The van der Waals surface area contributed by atoms with Crippen LogP contribution in [0.3, 0.4) is 0 Å². The molecule has 0 unspecified atom stereocenters. The van der Waals surface area contributed by atoms with Crippen LogP contribution in [0.2, 0.25) is 0 Å². The zero-order valence-electron chi connectivity index (χ0n) is 10.1. The fourth-order valence-electron chi connectivity index (χ4n) is 1.44. The number of nitrogens with zero attached hydrogens (tertiary/aromatic N) is 1. The Hall–Kier alpha value is -0.640. The highest BCUT2D eigenvalue weighted by molar-refractivity contribution is 4.70. The Labute approximate surface area is 93.6 Å². The second kappa shape index (κ2) is 8.65. The van der Waals surface area contributed by atoms with Crippen LogP contribution in [0.4, 0.5) is 0 Å². The van der Waals surface area contributed by atoms with Gasteiger partial charge in [0.05, 0.1) is 0 Å². The Bertz CT molecular complexity index is 160. The average Bonchev–Trinajstić information content (AvgIpc) is 2.24. The zero-order chi connectivity index (χ0) is 11.6. The van der Waals surface area contributed by atoms with Crippen LogP contribution in [0.1, 0.15) is 13.8 Å². The first-order chi connectivity index (χ1) is 7.24. The van der Waals surface area contributed by atoms with Gasteiger partial charge in [0.1, 0.15) is 13.1 Å². The van der Waals surface area contributed by atoms with E-state index in [0.717, 1.165) is 26.3 Å². The van der Waals surface area contributed by atoms with Crippen molar-refractivity contribution in [3.63, 3.8) is 0 Å². The van der Waals surface area contributed by atoms with Crippen molar-refractivity contribution >= 4 is 0 Å². The molecule has 0 bridgehead atoms. The van der Waals surface area contributed by atoms with E-state index in [1.165, 1.54) is 0 Å². The van der Waals surface area contributed by atoms with E-state index in [9.17, 15) is 0 Å². The minimum absolute atomic E-state index is 0.647. The van der Waals surface area contributed by atoms with Gasteiger partial charge in [0, 0.05) is 13.2 Å². The van der Waals surface area contributed by atoms with E-state index in [1.54, 1.807) is 0 Å². The van der Waals surface area contributed by atoms with E-state index in [1.807, 2.05) is 26.0 Å². The molecule has 3 heteroatoms. The zero-order valence-corrected chi connectivity index (χ0v) is 10.1. The molecule has 0 amide bonds. The molecule has 0 aliphatic carbocycles. The van der Waals surface area contributed by atoms with Gasteiger partial charge in [-0.2, -0.15) is 0 Å². The third kappa shape index (κ3) is 5.72. The van der Waals surface area contributed by atoms with Crippen molar-refractivity contribution in [2.45, 2.75) is 13.8 Å². The molecule has 0 aromatic carbocycles. The van der Waals surface area contributed by atoms with Gasteiger partial charge in [-0.15, -0.1) is 0 Å². The monoisotopic (exact) mass is 214 g/mol. The number of rotatable bonds is 10. The lowest BCUT2D eigenvalue weighted by atomic mass is 10.4. The number of ether oxygens (including phenoxy) is 2. The molecule has 88 valence electrons. The first kappa shape index (κ1) is 14.4. The summed E-state index contributed by atoms with van der Waals surface area (Å²) in [4.78, 5) is 0. The van der Waals surface area contributed by atoms with E-state index in [2.05, 4.69) is 13.2 Å². The molecule has 0 saturated carbocycles. The van der Waals surface area contributed by atoms with Gasteiger partial charge in [-0.1, -0.05) is 13.2 Å². The largest absolute Gasteiger partial charge is 0.332 e. The SMILES string of the molecule is C=CC[N+](CC=C)(COCC)COCC. The highest BCUT2D eigenvalue weighted by atomic mass is 16.5. The molecule has 0 saturated heterocycles. The first-order valence-electron chi connectivity index (χ1n) is 5.47. The minimum atomic E-state index is 0.647. The van der Waals surface area contributed by atoms with Crippen molar-refractivity contribution in [1.82, 2.24) is 0 Å². The predicted octanol–water partition coefficient (Wildman–Crippen LogP) is 2.16. The first-order valence-corrected chi connectivity index (χ1v) is 5.47. The molecular formula is C12H24NO2+. The van der Waals surface area contributed by atoms with Gasteiger partial charge in [-0.25, -0.2) is 0 Å². The summed E-state index contributed by atoms with van der Waals surface area (Å²) in [6.45, 7) is 16.0. The molecule has 0 aromatic rings. The van der Waals surface area contributed by atoms with Crippen LogP contribution in [-0.4, -0.2) is 44.2 Å². The van der Waals surface area contributed by atoms with E-state index < -0.39 is 0 Å². The smallest absolute Gasteiger partial charge is 0.185 e. The van der Waals surface area contributed by atoms with Gasteiger partial charge in [0.2, 0.25) is 0 Å². The van der Waals surface area contributed by atoms with Gasteiger partial charge in [0.25, 0.3) is 0 Å². The molecular weight excluding hydrogens is 190 g/mol. The van der Waals surface area contributed by atoms with Crippen LogP contribution < -0.4 is 0 Å². The molecule has 0 aliphatic rings. The number of hydrogen-bond donors (Lipinski definition) is 0. The quantitative estimate of drug-likeness (QED) is 0.315. The molecule has 15 heavy (non-hydrogen) atoms. The summed E-state index contributed by atoms with van der Waals surface area (Å²) in [6, 6.07) is 0. The Morgan fingerprint density at radius 3 is 1.60 bits per heavy atom. The maximum Gasteiger partial charge on any atom is 0.185 e. The fourth-order valence-corrected chi connectivity index (χ4v) is 1.44. The molecule has 0 N–H and O–H groups in total. The fraction of sp³-hybridized carbons (Fsp3) is 0.667. The lowest BCUT2D eigenvalue weighted by Gasteiger charge is -2.35. The van der Waals surface area contributed by atoms with Crippen molar-refractivity contribution in [3.8, 4) is 0 Å². The Kier molecular flexibility index (Phi) is 8.28. The van der Waals surface area contributed by atoms with Crippen LogP contribution >= 0.6 is 0 Å². The molecule has 0 spiro atoms. The summed E-state index contributed by atoms with van der Waals surface area (Å²) in [5.41, 5.74) is 0. The molecule has 0 radical (unpaired) electrons. The van der Waals surface area contributed by atoms with E-state index in [4.69, 9.17) is 9.47 Å². The summed E-state index contributed by atoms with van der Waals surface area (Å²) < 4.78 is 11.7. The van der Waals surface area contributed by atoms with Gasteiger partial charge < -0.3 is 9.47 Å². The second-order valence-electron chi connectivity index (χ2n) is 3.53. The maximum absolute atomic E-state index is 5.50. The topological polar surface area (TPSA) is 18.5 Å². The van der Waals surface area contributed by atoms with Crippen molar-refractivity contribution in [1.29, 1.82) is 0 Å². The summed E-state index contributed by atoms with van der Waals surface area (Å²) in [7, 11) is 0. The lowest BCUT2D eigenvalue weighted by Crippen LogP contribution is -2.51. The number of quaternary nitrogens is 1. The van der Waals surface area contributed by atoms with Crippen molar-refractivity contribution in [3.05, 3.63) is 25.3 Å². The van der Waals surface area contributed by atoms with Crippen molar-refractivity contribution in [2.24, 2.45) is 0 Å². The highest BCUT2D eigenvalue weighted by Crippen LogP contribution is 2.08. The predicted molar refractivity (Wildman–Crippen MR) is 63.4 cm³/mol. The summed E-state index contributed by atoms with van der Waals surface area (Å²) in [5.74, 6) is 0. The van der Waals surface area contributed by atoms with Gasteiger partial charge in [-0.05, 0) is 26.0 Å². The van der Waals surface area contributed by atoms with Crippen LogP contribution in [0.25, 0.3) is 0 Å². The third-order valence-corrected chi connectivity index (χ3v) is 2.17. The van der Waals surface area contributed by atoms with E-state index in [0.29, 0.717) is 17.9 Å². The third-order valence-electron chi connectivity index (χ3n) is 2.17. The van der Waals surface area contributed by atoms with E-state index >= 15 is 0 Å². The molecule has 3 nitrogen and oxygen atoms in total. The second-order valence-corrected chi connectivity index (χ2v) is 3.53. The molecule has 0 heterocycles. The summed E-state index contributed by atoms with van der Waals surface area (Å²) in [5, 5.41) is 0. The molecule has 0 aliphatic heterocycles. The molecule has 0 rings (SSSR count). The van der Waals surface area contributed by atoms with Crippen LogP contribution in [0.15, 0.2) is 25.3 Å². The average molecular weight is 214 g/mol. The number of hydrogen-bond acceptors (Lipinski definition) is 2. The minimum Gasteiger partial charge on any atom is -0.332 e. The summed E-state index contributed by atoms with van der Waals surface area (Å²) >= 11 is 0. The van der Waals surface area contributed by atoms with Crippen LogP contribution in [0, 0.1) is 0 Å². The van der Waals surface area contributed by atoms with E-state index in [-0.39, 0.29) is 0 Å². The van der Waals surface area contributed by atoms with Crippen molar-refractivity contribution < 1.29 is 14.0 Å². The Morgan fingerprint density at radius 1 is 0.933 bits per heavy atom. The van der Waals surface area contributed by atoms with Gasteiger partial charge in [-0.3, -0.25) is 4.48 Å². The standard InChI is InChI=1S/C12H24NO2/c1-5-9-13(10-6-2,11-14-7-3)12-15-8-4/h5-6H,1-2,7-12H2,3-4H3/q+1. The highest BCUT2D eigenvalue weighted by Gasteiger charge is 2.24. The van der Waals surface area contributed by atoms with Crippen molar-refractivity contribution in [2.75, 3.05) is 39.8 Å². The maximum atomic E-state index is 5.50. The Balaban J connectivity index is 4.38. The van der Waals surface area contributed by atoms with Gasteiger partial charge in [0.15, 0.2) is 13.5 Å². The van der Waals surface area contributed by atoms with Gasteiger partial charge >= 0.3 is 0 Å². The van der Waals surface area contributed by atoms with Crippen LogP contribution in [0.5, 0.6) is 0 Å².